The van der Waals surface area contributed by atoms with E-state index in [1.807, 2.05) is 89.8 Å². The van der Waals surface area contributed by atoms with Crippen molar-refractivity contribution in [2.75, 3.05) is 9.80 Å². The monoisotopic (exact) mass is 514 g/mol. The second-order valence-corrected chi connectivity index (χ2v) is 9.80. The molecule has 5 aromatic rings. The van der Waals surface area contributed by atoms with Crippen molar-refractivity contribution in [2.24, 2.45) is 0 Å². The van der Waals surface area contributed by atoms with Gasteiger partial charge in [0.15, 0.2) is 0 Å². The molecule has 0 N–H and O–H groups in total. The molecule has 0 spiro atoms. The molecular weight excluding hydrogens is 488 g/mol. The van der Waals surface area contributed by atoms with Crippen molar-refractivity contribution >= 4 is 45.9 Å². The number of hydrogen-bond acceptors (Lipinski definition) is 3. The van der Waals surface area contributed by atoms with E-state index < -0.39 is 0 Å². The standard InChI is InChI=1S/C37H26N2O/c40-37-35-26-27-25-32(38(28-13-5-1-6-14-28)29-15-7-2-8-16-29)21-22-33(27)34(35)23-24-36(37)39(30-17-9-3-10-18-30)31-19-11-4-12-20-31/h1-26H. The van der Waals surface area contributed by atoms with Crippen LogP contribution in [0.4, 0.5) is 28.4 Å². The number of Topliss-reactive ketones (excluding diaryl/α,β-unsaturated/α-hetero) is 1. The topological polar surface area (TPSA) is 23.6 Å². The number of ketones is 1. The molecule has 0 amide bonds. The zero-order valence-corrected chi connectivity index (χ0v) is 21.8. The number of hydrogen-bond donors (Lipinski definition) is 0. The zero-order valence-electron chi connectivity index (χ0n) is 21.8. The quantitative estimate of drug-likeness (QED) is 0.226. The lowest BCUT2D eigenvalue weighted by Crippen LogP contribution is -2.25. The Kier molecular flexibility index (Phi) is 5.95. The van der Waals surface area contributed by atoms with Crippen LogP contribution >= 0.6 is 0 Å². The van der Waals surface area contributed by atoms with Crippen LogP contribution in [0.1, 0.15) is 11.1 Å². The molecule has 0 bridgehead atoms. The van der Waals surface area contributed by atoms with Gasteiger partial charge in [-0.25, -0.2) is 0 Å². The van der Waals surface area contributed by atoms with Crippen LogP contribution in [0.5, 0.6) is 0 Å². The summed E-state index contributed by atoms with van der Waals surface area (Å²) >= 11 is 0. The van der Waals surface area contributed by atoms with E-state index in [1.54, 1.807) is 0 Å². The number of benzene rings is 5. The number of nitrogens with zero attached hydrogens (tertiary/aromatic N) is 2. The molecule has 0 saturated carbocycles. The minimum absolute atomic E-state index is 0.0194. The van der Waals surface area contributed by atoms with Gasteiger partial charge >= 0.3 is 0 Å². The van der Waals surface area contributed by atoms with Crippen molar-refractivity contribution in [1.82, 2.24) is 0 Å². The Bertz CT molecular complexity index is 1710. The second-order valence-electron chi connectivity index (χ2n) is 9.80. The normalized spacial score (nSPS) is 13.5. The van der Waals surface area contributed by atoms with Gasteiger partial charge in [0.1, 0.15) is 0 Å². The predicted molar refractivity (Wildman–Crippen MR) is 165 cm³/mol. The highest BCUT2D eigenvalue weighted by Gasteiger charge is 2.32. The highest BCUT2D eigenvalue weighted by Crippen LogP contribution is 2.44. The highest BCUT2D eigenvalue weighted by molar-refractivity contribution is 6.27. The third kappa shape index (κ3) is 4.14. The van der Waals surface area contributed by atoms with E-state index in [0.717, 1.165) is 50.7 Å². The summed E-state index contributed by atoms with van der Waals surface area (Å²) in [5, 5.41) is 0. The summed E-state index contributed by atoms with van der Waals surface area (Å²) in [5.74, 6) is 0.0194. The molecule has 0 unspecified atom stereocenters. The lowest BCUT2D eigenvalue weighted by Gasteiger charge is -2.29. The molecule has 5 aromatic carbocycles. The van der Waals surface area contributed by atoms with Crippen LogP contribution in [0.25, 0.3) is 11.6 Å². The first-order chi connectivity index (χ1) is 19.8. The Morgan fingerprint density at radius 2 is 0.900 bits per heavy atom. The minimum atomic E-state index is 0.0194. The van der Waals surface area contributed by atoms with Crippen LogP contribution in [0, 0.1) is 0 Å². The van der Waals surface area contributed by atoms with Gasteiger partial charge in [0, 0.05) is 34.0 Å². The SMILES string of the molecule is O=C1C2=Cc3cc(N(c4ccccc4)c4ccccc4)ccc3C2=CC=C1N(c1ccccc1)c1ccccc1. The van der Waals surface area contributed by atoms with E-state index >= 15 is 0 Å². The third-order valence-corrected chi connectivity index (χ3v) is 7.36. The molecule has 0 radical (unpaired) electrons. The lowest BCUT2D eigenvalue weighted by atomic mass is 9.93. The molecule has 40 heavy (non-hydrogen) atoms. The summed E-state index contributed by atoms with van der Waals surface area (Å²) in [6, 6.07) is 47.3. The average Bonchev–Trinajstić information content (AvgIpc) is 3.40. The average molecular weight is 515 g/mol. The van der Waals surface area contributed by atoms with E-state index in [4.69, 9.17) is 0 Å². The zero-order chi connectivity index (χ0) is 26.9. The fraction of sp³-hybridized carbons (Fsp3) is 0. The second kappa shape index (κ2) is 10.0. The first-order valence-electron chi connectivity index (χ1n) is 13.4. The number of carbonyl (C=O) groups excluding carboxylic acids is 1. The smallest absolute Gasteiger partial charge is 0.210 e. The Hall–Kier alpha value is -5.41. The molecule has 3 heteroatoms. The molecule has 0 heterocycles. The molecule has 3 nitrogen and oxygen atoms in total. The number of para-hydroxylation sites is 4. The van der Waals surface area contributed by atoms with Gasteiger partial charge in [-0.3, -0.25) is 4.79 Å². The number of fused-ring (bicyclic) bond motifs is 3. The number of rotatable bonds is 6. The van der Waals surface area contributed by atoms with E-state index in [2.05, 4.69) is 77.7 Å². The lowest BCUT2D eigenvalue weighted by molar-refractivity contribution is -0.111. The van der Waals surface area contributed by atoms with Gasteiger partial charge < -0.3 is 9.80 Å². The Balaban J connectivity index is 1.29. The highest BCUT2D eigenvalue weighted by atomic mass is 16.1. The third-order valence-electron chi connectivity index (χ3n) is 7.36. The molecule has 0 aromatic heterocycles. The van der Waals surface area contributed by atoms with E-state index in [-0.39, 0.29) is 5.78 Å². The van der Waals surface area contributed by atoms with Crippen LogP contribution < -0.4 is 9.80 Å². The first-order valence-corrected chi connectivity index (χ1v) is 13.4. The van der Waals surface area contributed by atoms with Gasteiger partial charge in [-0.15, -0.1) is 0 Å². The summed E-state index contributed by atoms with van der Waals surface area (Å²) in [4.78, 5) is 18.4. The molecule has 2 aliphatic rings. The van der Waals surface area contributed by atoms with E-state index in [1.165, 1.54) is 0 Å². The summed E-state index contributed by atoms with van der Waals surface area (Å²) < 4.78 is 0. The van der Waals surface area contributed by atoms with E-state index in [9.17, 15) is 4.79 Å². The minimum Gasteiger partial charge on any atom is -0.310 e. The van der Waals surface area contributed by atoms with Crippen LogP contribution in [0.2, 0.25) is 0 Å². The molecule has 0 atom stereocenters. The summed E-state index contributed by atoms with van der Waals surface area (Å²) in [7, 11) is 0. The van der Waals surface area contributed by atoms with Gasteiger partial charge in [-0.05, 0) is 89.5 Å². The molecule has 0 aliphatic heterocycles. The van der Waals surface area contributed by atoms with Crippen LogP contribution in [0.3, 0.4) is 0 Å². The van der Waals surface area contributed by atoms with Crippen LogP contribution in [0.15, 0.2) is 163 Å². The number of carbonyl (C=O) groups is 1. The van der Waals surface area contributed by atoms with Gasteiger partial charge in [0.2, 0.25) is 5.78 Å². The fourth-order valence-corrected chi connectivity index (χ4v) is 5.53. The van der Waals surface area contributed by atoms with Crippen molar-refractivity contribution in [2.45, 2.75) is 0 Å². The van der Waals surface area contributed by atoms with Gasteiger partial charge in [-0.2, -0.15) is 0 Å². The molecule has 0 fully saturated rings. The molecule has 2 aliphatic carbocycles. The van der Waals surface area contributed by atoms with Crippen molar-refractivity contribution < 1.29 is 4.79 Å². The number of anilines is 5. The summed E-state index contributed by atoms with van der Waals surface area (Å²) in [5.41, 5.74) is 9.57. The maximum atomic E-state index is 14.1. The Labute approximate surface area is 234 Å². The Morgan fingerprint density at radius 1 is 0.425 bits per heavy atom. The molecule has 0 saturated heterocycles. The fourth-order valence-electron chi connectivity index (χ4n) is 5.53. The van der Waals surface area contributed by atoms with Crippen LogP contribution in [-0.2, 0) is 4.79 Å². The van der Waals surface area contributed by atoms with Crippen molar-refractivity contribution in [3.05, 3.63) is 174 Å². The number of allylic oxidation sites excluding steroid dienone is 4. The first kappa shape index (κ1) is 23.7. The van der Waals surface area contributed by atoms with Gasteiger partial charge in [0.05, 0.1) is 5.70 Å². The van der Waals surface area contributed by atoms with Crippen molar-refractivity contribution in [3.8, 4) is 0 Å². The summed E-state index contributed by atoms with van der Waals surface area (Å²) in [6.07, 6.45) is 6.08. The van der Waals surface area contributed by atoms with Gasteiger partial charge in [-0.1, -0.05) is 84.9 Å². The van der Waals surface area contributed by atoms with Gasteiger partial charge in [0.25, 0.3) is 0 Å². The molecule has 190 valence electrons. The molecular formula is C37H26N2O. The largest absolute Gasteiger partial charge is 0.310 e. The maximum absolute atomic E-state index is 14.1. The van der Waals surface area contributed by atoms with Crippen molar-refractivity contribution in [1.29, 1.82) is 0 Å². The van der Waals surface area contributed by atoms with Crippen molar-refractivity contribution in [3.63, 3.8) is 0 Å². The van der Waals surface area contributed by atoms with E-state index in [0.29, 0.717) is 5.70 Å². The maximum Gasteiger partial charge on any atom is 0.210 e. The van der Waals surface area contributed by atoms with Crippen LogP contribution in [-0.4, -0.2) is 5.78 Å². The Morgan fingerprint density at radius 3 is 1.40 bits per heavy atom. The predicted octanol–water partition coefficient (Wildman–Crippen LogP) is 9.24. The summed E-state index contributed by atoms with van der Waals surface area (Å²) in [6.45, 7) is 0. The molecule has 7 rings (SSSR count).